The molecule has 1 aromatic rings. The van der Waals surface area contributed by atoms with Crippen molar-refractivity contribution >= 4 is 29.2 Å². The zero-order valence-corrected chi connectivity index (χ0v) is 11.6. The van der Waals surface area contributed by atoms with Gasteiger partial charge in [0.05, 0.1) is 5.69 Å². The number of carbonyl (C=O) groups excluding carboxylic acids is 2. The first-order chi connectivity index (χ1) is 8.19. The van der Waals surface area contributed by atoms with Crippen molar-refractivity contribution in [2.75, 3.05) is 5.32 Å². The monoisotopic (exact) mass is 269 g/mol. The Morgan fingerprint density at radius 3 is 2.39 bits per heavy atom. The van der Waals surface area contributed by atoms with Crippen LogP contribution in [0.2, 0.25) is 5.02 Å². The molecule has 98 valence electrons. The van der Waals surface area contributed by atoms with Gasteiger partial charge in [-0.15, -0.1) is 0 Å². The van der Waals surface area contributed by atoms with E-state index in [0.717, 1.165) is 0 Å². The minimum absolute atomic E-state index is 0.155. The molecule has 0 aliphatic rings. The van der Waals surface area contributed by atoms with Crippen molar-refractivity contribution in [1.29, 1.82) is 0 Å². The summed E-state index contributed by atoms with van der Waals surface area (Å²) >= 11 is 5.83. The molecule has 0 aromatic heterocycles. The minimum Gasteiger partial charge on any atom is -0.444 e. The van der Waals surface area contributed by atoms with Crippen LogP contribution in [0.15, 0.2) is 18.2 Å². The van der Waals surface area contributed by atoms with Gasteiger partial charge in [0.1, 0.15) is 5.60 Å². The molecule has 0 saturated carbocycles. The first-order valence-electron chi connectivity index (χ1n) is 5.49. The van der Waals surface area contributed by atoms with Crippen LogP contribution in [-0.4, -0.2) is 17.5 Å². The van der Waals surface area contributed by atoms with Crippen LogP contribution in [0.1, 0.15) is 38.1 Å². The fourth-order valence-corrected chi connectivity index (χ4v) is 1.51. The molecule has 1 aromatic carbocycles. The highest BCUT2D eigenvalue weighted by molar-refractivity contribution is 6.31. The lowest BCUT2D eigenvalue weighted by Crippen LogP contribution is -2.27. The molecule has 0 aliphatic carbocycles. The molecule has 4 nitrogen and oxygen atoms in total. The minimum atomic E-state index is -0.618. The van der Waals surface area contributed by atoms with Gasteiger partial charge < -0.3 is 4.74 Å². The number of benzene rings is 1. The zero-order valence-electron chi connectivity index (χ0n) is 10.8. The number of amides is 1. The van der Waals surface area contributed by atoms with Crippen molar-refractivity contribution in [2.45, 2.75) is 33.3 Å². The van der Waals surface area contributed by atoms with Crippen LogP contribution in [0.5, 0.6) is 0 Å². The number of rotatable bonds is 2. The average molecular weight is 270 g/mol. The number of ether oxygens (including phenoxy) is 1. The Bertz CT molecular complexity index is 478. The zero-order chi connectivity index (χ0) is 13.9. The lowest BCUT2D eigenvalue weighted by molar-refractivity contribution is 0.0636. The number of Topliss-reactive ketones (excluding diaryl/α,β-unsaturated/α-hetero) is 1. The first kappa shape index (κ1) is 14.5. The van der Waals surface area contributed by atoms with Gasteiger partial charge in [-0.1, -0.05) is 11.6 Å². The van der Waals surface area contributed by atoms with E-state index in [2.05, 4.69) is 5.32 Å². The maximum Gasteiger partial charge on any atom is 0.412 e. The molecule has 0 fully saturated rings. The van der Waals surface area contributed by atoms with Crippen molar-refractivity contribution in [3.63, 3.8) is 0 Å². The van der Waals surface area contributed by atoms with E-state index in [-0.39, 0.29) is 5.78 Å². The largest absolute Gasteiger partial charge is 0.444 e. The molecule has 1 N–H and O–H groups in total. The summed E-state index contributed by atoms with van der Waals surface area (Å²) in [7, 11) is 0. The number of hydrogen-bond donors (Lipinski definition) is 1. The highest BCUT2D eigenvalue weighted by Crippen LogP contribution is 2.22. The van der Waals surface area contributed by atoms with E-state index in [0.29, 0.717) is 16.3 Å². The van der Waals surface area contributed by atoms with Gasteiger partial charge in [0.2, 0.25) is 0 Å². The lowest BCUT2D eigenvalue weighted by atomic mass is 10.1. The predicted octanol–water partition coefficient (Wildman–Crippen LogP) is 3.89. The molecule has 0 spiro atoms. The maximum atomic E-state index is 11.6. The van der Waals surface area contributed by atoms with Crippen LogP contribution in [0.4, 0.5) is 10.5 Å². The fraction of sp³-hybridized carbons (Fsp3) is 0.385. The molecule has 1 amide bonds. The highest BCUT2D eigenvalue weighted by Gasteiger charge is 2.18. The molecular weight excluding hydrogens is 254 g/mol. The van der Waals surface area contributed by atoms with Crippen LogP contribution in [0, 0.1) is 0 Å². The van der Waals surface area contributed by atoms with E-state index >= 15 is 0 Å². The van der Waals surface area contributed by atoms with E-state index in [4.69, 9.17) is 16.3 Å². The number of carbonyl (C=O) groups is 2. The van der Waals surface area contributed by atoms with E-state index in [1.54, 1.807) is 32.9 Å². The smallest absolute Gasteiger partial charge is 0.412 e. The van der Waals surface area contributed by atoms with Gasteiger partial charge in [0, 0.05) is 10.6 Å². The number of ketones is 1. The van der Waals surface area contributed by atoms with E-state index in [1.165, 1.54) is 13.0 Å². The number of halogens is 1. The Morgan fingerprint density at radius 2 is 1.89 bits per heavy atom. The van der Waals surface area contributed by atoms with Crippen LogP contribution in [0.3, 0.4) is 0 Å². The van der Waals surface area contributed by atoms with E-state index in [1.807, 2.05) is 0 Å². The maximum absolute atomic E-state index is 11.6. The van der Waals surface area contributed by atoms with Crippen molar-refractivity contribution < 1.29 is 14.3 Å². The predicted molar refractivity (Wildman–Crippen MR) is 71.3 cm³/mol. The van der Waals surface area contributed by atoms with E-state index in [9.17, 15) is 9.59 Å². The summed E-state index contributed by atoms with van der Waals surface area (Å²) in [4.78, 5) is 23.0. The van der Waals surface area contributed by atoms with Crippen molar-refractivity contribution in [3.8, 4) is 0 Å². The molecule has 0 atom stereocenters. The third-order valence-electron chi connectivity index (χ3n) is 2.00. The summed E-state index contributed by atoms with van der Waals surface area (Å²) in [5, 5.41) is 2.96. The van der Waals surface area contributed by atoms with Crippen molar-refractivity contribution in [1.82, 2.24) is 0 Å². The molecule has 5 heteroatoms. The van der Waals surface area contributed by atoms with Crippen LogP contribution in [0.25, 0.3) is 0 Å². The fourth-order valence-electron chi connectivity index (χ4n) is 1.34. The summed E-state index contributed by atoms with van der Waals surface area (Å²) in [6.07, 6.45) is -0.618. The van der Waals surface area contributed by atoms with Gasteiger partial charge in [-0.05, 0) is 45.9 Å². The Hall–Kier alpha value is -1.55. The molecule has 0 bridgehead atoms. The Morgan fingerprint density at radius 1 is 1.28 bits per heavy atom. The molecule has 1 rings (SSSR count). The van der Waals surface area contributed by atoms with Crippen LogP contribution in [-0.2, 0) is 4.74 Å². The second kappa shape index (κ2) is 5.40. The second-order valence-corrected chi connectivity index (χ2v) is 5.31. The molecule has 0 unspecified atom stereocenters. The number of nitrogens with one attached hydrogen (secondary N) is 1. The molecule has 0 heterocycles. The first-order valence-corrected chi connectivity index (χ1v) is 5.87. The van der Waals surface area contributed by atoms with Gasteiger partial charge in [-0.3, -0.25) is 10.1 Å². The topological polar surface area (TPSA) is 55.4 Å². The Balaban J connectivity index is 2.93. The van der Waals surface area contributed by atoms with Gasteiger partial charge in [0.15, 0.2) is 5.78 Å². The van der Waals surface area contributed by atoms with Gasteiger partial charge >= 0.3 is 6.09 Å². The molecule has 18 heavy (non-hydrogen) atoms. The third-order valence-corrected chi connectivity index (χ3v) is 2.23. The number of hydrogen-bond acceptors (Lipinski definition) is 3. The normalized spacial score (nSPS) is 10.9. The summed E-state index contributed by atoms with van der Waals surface area (Å²) in [6, 6.07) is 4.68. The summed E-state index contributed by atoms with van der Waals surface area (Å²) in [5.74, 6) is -0.155. The van der Waals surface area contributed by atoms with Crippen molar-refractivity contribution in [3.05, 3.63) is 28.8 Å². The summed E-state index contributed by atoms with van der Waals surface area (Å²) < 4.78 is 5.11. The van der Waals surface area contributed by atoms with E-state index < -0.39 is 11.7 Å². The number of anilines is 1. The average Bonchev–Trinajstić information content (AvgIpc) is 2.13. The highest BCUT2D eigenvalue weighted by atomic mass is 35.5. The SMILES string of the molecule is CC(=O)c1ccc(Cl)cc1NC(=O)OC(C)(C)C. The molecule has 0 saturated heterocycles. The quantitative estimate of drug-likeness (QED) is 0.829. The van der Waals surface area contributed by atoms with Crippen LogP contribution < -0.4 is 5.32 Å². The lowest BCUT2D eigenvalue weighted by Gasteiger charge is -2.20. The third kappa shape index (κ3) is 4.37. The summed E-state index contributed by atoms with van der Waals surface area (Å²) in [5.41, 5.74) is 0.147. The second-order valence-electron chi connectivity index (χ2n) is 4.87. The van der Waals surface area contributed by atoms with Crippen molar-refractivity contribution in [2.24, 2.45) is 0 Å². The Kier molecular flexibility index (Phi) is 4.35. The van der Waals surface area contributed by atoms with Crippen LogP contribution >= 0.6 is 11.6 Å². The standard InChI is InChI=1S/C13H16ClNO3/c1-8(16)10-6-5-9(14)7-11(10)15-12(17)18-13(2,3)4/h5-7H,1-4H3,(H,15,17). The molecule has 0 aliphatic heterocycles. The Labute approximate surface area is 111 Å². The van der Waals surface area contributed by atoms with Gasteiger partial charge in [-0.25, -0.2) is 4.79 Å². The van der Waals surface area contributed by atoms with Gasteiger partial charge in [-0.2, -0.15) is 0 Å². The molecule has 0 radical (unpaired) electrons. The van der Waals surface area contributed by atoms with Gasteiger partial charge in [0.25, 0.3) is 0 Å². The summed E-state index contributed by atoms with van der Waals surface area (Å²) in [6.45, 7) is 6.70. The molecular formula is C13H16ClNO3.